The van der Waals surface area contributed by atoms with Gasteiger partial charge in [-0.1, -0.05) is 12.8 Å². The molecule has 0 radical (unpaired) electrons. The number of rotatable bonds is 4. The molecule has 1 saturated carbocycles. The Balaban J connectivity index is 1.71. The fourth-order valence-electron chi connectivity index (χ4n) is 3.08. The van der Waals surface area contributed by atoms with Crippen molar-refractivity contribution >= 4 is 5.97 Å². The fourth-order valence-corrected chi connectivity index (χ4v) is 3.08. The molecule has 2 fully saturated rings. The third-order valence-corrected chi connectivity index (χ3v) is 4.14. The van der Waals surface area contributed by atoms with Crippen LogP contribution in [0.4, 0.5) is 0 Å². The van der Waals surface area contributed by atoms with Gasteiger partial charge in [0.15, 0.2) is 0 Å². The molecule has 2 rings (SSSR count). The summed E-state index contributed by atoms with van der Waals surface area (Å²) in [7, 11) is 0. The van der Waals surface area contributed by atoms with E-state index in [2.05, 4.69) is 11.8 Å². The summed E-state index contributed by atoms with van der Waals surface area (Å²) in [4.78, 5) is 12.9. The summed E-state index contributed by atoms with van der Waals surface area (Å²) in [6.07, 6.45) is 6.70. The second kappa shape index (κ2) is 4.12. The molecule has 0 amide bonds. The van der Waals surface area contributed by atoms with Gasteiger partial charge in [0.05, 0.1) is 0 Å². The van der Waals surface area contributed by atoms with Crippen LogP contribution >= 0.6 is 0 Å². The topological polar surface area (TPSA) is 40.5 Å². The van der Waals surface area contributed by atoms with Gasteiger partial charge >= 0.3 is 5.97 Å². The van der Waals surface area contributed by atoms with Crippen molar-refractivity contribution in [1.29, 1.82) is 0 Å². The SMILES string of the molecule is CC(CCC(=O)O)N1CC2(CCCC2)C1. The minimum absolute atomic E-state index is 0.310. The Morgan fingerprint density at radius 3 is 2.53 bits per heavy atom. The zero-order valence-corrected chi connectivity index (χ0v) is 9.54. The monoisotopic (exact) mass is 211 g/mol. The van der Waals surface area contributed by atoms with Gasteiger partial charge in [-0.3, -0.25) is 9.69 Å². The van der Waals surface area contributed by atoms with E-state index in [1.54, 1.807) is 0 Å². The van der Waals surface area contributed by atoms with Gasteiger partial charge in [0.1, 0.15) is 0 Å². The van der Waals surface area contributed by atoms with Gasteiger partial charge in [0, 0.05) is 25.6 Å². The van der Waals surface area contributed by atoms with Crippen molar-refractivity contribution in [3.63, 3.8) is 0 Å². The van der Waals surface area contributed by atoms with Crippen LogP contribution in [0.1, 0.15) is 45.4 Å². The highest BCUT2D eigenvalue weighted by atomic mass is 16.4. The first-order valence-electron chi connectivity index (χ1n) is 6.07. The van der Waals surface area contributed by atoms with Gasteiger partial charge in [-0.15, -0.1) is 0 Å². The van der Waals surface area contributed by atoms with E-state index in [1.165, 1.54) is 38.8 Å². The van der Waals surface area contributed by atoms with Crippen LogP contribution in [-0.4, -0.2) is 35.1 Å². The molecule has 3 heteroatoms. The summed E-state index contributed by atoms with van der Waals surface area (Å²) < 4.78 is 0. The Morgan fingerprint density at radius 2 is 2.00 bits per heavy atom. The van der Waals surface area contributed by atoms with Crippen molar-refractivity contribution in [2.24, 2.45) is 5.41 Å². The summed E-state index contributed by atoms with van der Waals surface area (Å²) >= 11 is 0. The minimum atomic E-state index is -0.669. The van der Waals surface area contributed by atoms with Gasteiger partial charge in [-0.25, -0.2) is 0 Å². The van der Waals surface area contributed by atoms with Crippen molar-refractivity contribution in [2.75, 3.05) is 13.1 Å². The molecule has 15 heavy (non-hydrogen) atoms. The first-order valence-corrected chi connectivity index (χ1v) is 6.07. The average Bonchev–Trinajstić information content (AvgIpc) is 2.60. The summed E-state index contributed by atoms with van der Waals surface area (Å²) in [6.45, 7) is 4.59. The maximum absolute atomic E-state index is 10.5. The number of likely N-dealkylation sites (tertiary alicyclic amines) is 1. The molecule has 0 aromatic carbocycles. The molecule has 1 heterocycles. The van der Waals surface area contributed by atoms with Crippen LogP contribution in [0.15, 0.2) is 0 Å². The van der Waals surface area contributed by atoms with E-state index >= 15 is 0 Å². The molecular weight excluding hydrogens is 190 g/mol. The van der Waals surface area contributed by atoms with Crippen molar-refractivity contribution in [3.8, 4) is 0 Å². The maximum atomic E-state index is 10.5. The van der Waals surface area contributed by atoms with E-state index in [-0.39, 0.29) is 0 Å². The molecule has 0 aromatic rings. The molecule has 1 aliphatic heterocycles. The van der Waals surface area contributed by atoms with Crippen LogP contribution in [0.2, 0.25) is 0 Å². The maximum Gasteiger partial charge on any atom is 0.303 e. The summed E-state index contributed by atoms with van der Waals surface area (Å²) in [5.41, 5.74) is 0.636. The molecular formula is C12H21NO2. The normalized spacial score (nSPS) is 26.5. The largest absolute Gasteiger partial charge is 0.481 e. The fraction of sp³-hybridized carbons (Fsp3) is 0.917. The zero-order valence-electron chi connectivity index (χ0n) is 9.54. The molecule has 86 valence electrons. The predicted molar refractivity (Wildman–Crippen MR) is 58.8 cm³/mol. The number of carboxylic acids is 1. The van der Waals surface area contributed by atoms with Crippen molar-refractivity contribution in [3.05, 3.63) is 0 Å². The Hall–Kier alpha value is -0.570. The third-order valence-electron chi connectivity index (χ3n) is 4.14. The number of carbonyl (C=O) groups is 1. The highest BCUT2D eigenvalue weighted by Crippen LogP contribution is 2.46. The Morgan fingerprint density at radius 1 is 1.40 bits per heavy atom. The summed E-state index contributed by atoms with van der Waals surface area (Å²) in [5, 5.41) is 8.62. The number of hydrogen-bond acceptors (Lipinski definition) is 2. The Labute approximate surface area is 91.5 Å². The molecule has 3 nitrogen and oxygen atoms in total. The average molecular weight is 211 g/mol. The van der Waals surface area contributed by atoms with Crippen LogP contribution in [0, 0.1) is 5.41 Å². The van der Waals surface area contributed by atoms with Gasteiger partial charge in [0.2, 0.25) is 0 Å². The summed E-state index contributed by atoms with van der Waals surface area (Å²) in [6, 6.07) is 0.451. The van der Waals surface area contributed by atoms with Gasteiger partial charge in [0.25, 0.3) is 0 Å². The molecule has 1 aliphatic carbocycles. The lowest BCUT2D eigenvalue weighted by Crippen LogP contribution is -2.58. The first-order chi connectivity index (χ1) is 7.11. The number of hydrogen-bond donors (Lipinski definition) is 1. The molecule has 0 bridgehead atoms. The van der Waals surface area contributed by atoms with E-state index in [1.807, 2.05) is 0 Å². The first kappa shape index (κ1) is 10.9. The predicted octanol–water partition coefficient (Wildman–Crippen LogP) is 2.12. The van der Waals surface area contributed by atoms with E-state index in [4.69, 9.17) is 5.11 Å². The van der Waals surface area contributed by atoms with E-state index < -0.39 is 5.97 Å². The van der Waals surface area contributed by atoms with Crippen LogP contribution in [0.5, 0.6) is 0 Å². The lowest BCUT2D eigenvalue weighted by Gasteiger charge is -2.51. The smallest absolute Gasteiger partial charge is 0.303 e. The Bertz CT molecular complexity index is 238. The van der Waals surface area contributed by atoms with Crippen LogP contribution < -0.4 is 0 Å². The van der Waals surface area contributed by atoms with Gasteiger partial charge < -0.3 is 5.11 Å². The van der Waals surface area contributed by atoms with Gasteiger partial charge in [-0.2, -0.15) is 0 Å². The van der Waals surface area contributed by atoms with Gasteiger partial charge in [-0.05, 0) is 31.6 Å². The molecule has 1 N–H and O–H groups in total. The van der Waals surface area contributed by atoms with Crippen LogP contribution in [0.25, 0.3) is 0 Å². The Kier molecular flexibility index (Phi) is 3.01. The number of aliphatic carboxylic acids is 1. The minimum Gasteiger partial charge on any atom is -0.481 e. The van der Waals surface area contributed by atoms with E-state index in [0.29, 0.717) is 17.9 Å². The van der Waals surface area contributed by atoms with Crippen molar-refractivity contribution in [1.82, 2.24) is 4.90 Å². The van der Waals surface area contributed by atoms with Crippen LogP contribution in [-0.2, 0) is 4.79 Å². The number of nitrogens with zero attached hydrogens (tertiary/aromatic N) is 1. The molecule has 1 unspecified atom stereocenters. The lowest BCUT2D eigenvalue weighted by atomic mass is 9.77. The van der Waals surface area contributed by atoms with E-state index in [0.717, 1.165) is 6.42 Å². The molecule has 1 saturated heterocycles. The second-order valence-electron chi connectivity index (χ2n) is 5.39. The standard InChI is InChI=1S/C12H21NO2/c1-10(4-5-11(14)15)13-8-12(9-13)6-2-3-7-12/h10H,2-9H2,1H3,(H,14,15). The number of carboxylic acid groups (broad SMARTS) is 1. The lowest BCUT2D eigenvalue weighted by molar-refractivity contribution is -0.137. The van der Waals surface area contributed by atoms with Crippen molar-refractivity contribution in [2.45, 2.75) is 51.5 Å². The molecule has 0 aromatic heterocycles. The summed E-state index contributed by atoms with van der Waals surface area (Å²) in [5.74, 6) is -0.669. The molecule has 1 spiro atoms. The second-order valence-corrected chi connectivity index (χ2v) is 5.39. The quantitative estimate of drug-likeness (QED) is 0.774. The van der Waals surface area contributed by atoms with Crippen LogP contribution in [0.3, 0.4) is 0 Å². The van der Waals surface area contributed by atoms with E-state index in [9.17, 15) is 4.79 Å². The zero-order chi connectivity index (χ0) is 10.9. The highest BCUT2D eigenvalue weighted by molar-refractivity contribution is 5.66. The molecule has 1 atom stereocenters. The molecule has 2 aliphatic rings. The van der Waals surface area contributed by atoms with Crippen molar-refractivity contribution < 1.29 is 9.90 Å². The highest BCUT2D eigenvalue weighted by Gasteiger charge is 2.45. The third kappa shape index (κ3) is 2.33.